The van der Waals surface area contributed by atoms with Crippen molar-refractivity contribution in [2.24, 2.45) is 5.92 Å². The lowest BCUT2D eigenvalue weighted by Crippen LogP contribution is -2.44. The zero-order valence-corrected chi connectivity index (χ0v) is 12.2. The van der Waals surface area contributed by atoms with Gasteiger partial charge in [-0.1, -0.05) is 0 Å². The largest absolute Gasteiger partial charge is 0.390 e. The molecule has 2 fully saturated rings. The summed E-state index contributed by atoms with van der Waals surface area (Å²) >= 11 is 0. The molecule has 1 unspecified atom stereocenters. The Balaban J connectivity index is 1.52. The van der Waals surface area contributed by atoms with E-state index >= 15 is 0 Å². The fraction of sp³-hybridized carbons (Fsp3) is 1.00. The number of hydrogen-bond acceptors (Lipinski definition) is 5. The molecule has 0 saturated carbocycles. The Morgan fingerprint density at radius 1 is 1.21 bits per heavy atom. The molecule has 2 aliphatic heterocycles. The van der Waals surface area contributed by atoms with Gasteiger partial charge in [-0.2, -0.15) is 0 Å². The predicted molar refractivity (Wildman–Crippen MR) is 76.4 cm³/mol. The van der Waals surface area contributed by atoms with Crippen molar-refractivity contribution in [1.82, 2.24) is 15.1 Å². The van der Waals surface area contributed by atoms with E-state index in [1.807, 2.05) is 0 Å². The molecule has 112 valence electrons. The van der Waals surface area contributed by atoms with Crippen LogP contribution in [0.25, 0.3) is 0 Å². The highest BCUT2D eigenvalue weighted by atomic mass is 16.5. The SMILES string of the molecule is CN1CCC(CNCC(O)CN2CCOCC2)CC1. The number of aliphatic hydroxyl groups excluding tert-OH is 1. The van der Waals surface area contributed by atoms with Crippen LogP contribution in [0, 0.1) is 5.92 Å². The summed E-state index contributed by atoms with van der Waals surface area (Å²) < 4.78 is 5.31. The minimum absolute atomic E-state index is 0.260. The number of morpholine rings is 1. The van der Waals surface area contributed by atoms with Crippen molar-refractivity contribution < 1.29 is 9.84 Å². The molecule has 0 radical (unpaired) electrons. The molecule has 2 rings (SSSR count). The van der Waals surface area contributed by atoms with E-state index in [0.29, 0.717) is 6.54 Å². The van der Waals surface area contributed by atoms with E-state index in [4.69, 9.17) is 4.74 Å². The number of nitrogens with zero attached hydrogens (tertiary/aromatic N) is 2. The molecule has 0 amide bonds. The van der Waals surface area contributed by atoms with Gasteiger partial charge in [0.15, 0.2) is 0 Å². The van der Waals surface area contributed by atoms with E-state index in [0.717, 1.165) is 45.3 Å². The maximum absolute atomic E-state index is 10.0. The molecule has 2 saturated heterocycles. The zero-order valence-electron chi connectivity index (χ0n) is 12.2. The molecule has 0 spiro atoms. The maximum Gasteiger partial charge on any atom is 0.0791 e. The lowest BCUT2D eigenvalue weighted by Gasteiger charge is -2.30. The van der Waals surface area contributed by atoms with Gasteiger partial charge in [-0.25, -0.2) is 0 Å². The van der Waals surface area contributed by atoms with Gasteiger partial charge in [0.05, 0.1) is 19.3 Å². The van der Waals surface area contributed by atoms with Crippen LogP contribution in [0.5, 0.6) is 0 Å². The van der Waals surface area contributed by atoms with Crippen molar-refractivity contribution in [3.63, 3.8) is 0 Å². The number of aliphatic hydroxyl groups is 1. The Labute approximate surface area is 116 Å². The van der Waals surface area contributed by atoms with E-state index in [-0.39, 0.29) is 6.10 Å². The summed E-state index contributed by atoms with van der Waals surface area (Å²) in [7, 11) is 2.19. The predicted octanol–water partition coefficient (Wildman–Crippen LogP) is -0.389. The molecule has 5 nitrogen and oxygen atoms in total. The van der Waals surface area contributed by atoms with E-state index < -0.39 is 0 Å². The zero-order chi connectivity index (χ0) is 13.5. The third kappa shape index (κ3) is 5.75. The highest BCUT2D eigenvalue weighted by Crippen LogP contribution is 2.14. The first kappa shape index (κ1) is 15.2. The summed E-state index contributed by atoms with van der Waals surface area (Å²) in [5.74, 6) is 0.784. The van der Waals surface area contributed by atoms with Gasteiger partial charge in [0.25, 0.3) is 0 Å². The minimum atomic E-state index is -0.260. The average Bonchev–Trinajstić information content (AvgIpc) is 2.42. The van der Waals surface area contributed by atoms with Crippen molar-refractivity contribution in [3.8, 4) is 0 Å². The summed E-state index contributed by atoms with van der Waals surface area (Å²) in [6.45, 7) is 8.45. The molecule has 0 bridgehead atoms. The Hall–Kier alpha value is -0.200. The molecular weight excluding hydrogens is 242 g/mol. The van der Waals surface area contributed by atoms with Crippen LogP contribution in [0.4, 0.5) is 0 Å². The fourth-order valence-corrected chi connectivity index (χ4v) is 2.87. The Morgan fingerprint density at radius 2 is 1.89 bits per heavy atom. The number of hydrogen-bond donors (Lipinski definition) is 2. The van der Waals surface area contributed by atoms with Crippen LogP contribution in [0.3, 0.4) is 0 Å². The van der Waals surface area contributed by atoms with E-state index in [1.54, 1.807) is 0 Å². The van der Waals surface area contributed by atoms with Crippen LogP contribution in [0.15, 0.2) is 0 Å². The first-order chi connectivity index (χ1) is 9.24. The van der Waals surface area contributed by atoms with Gasteiger partial charge >= 0.3 is 0 Å². The summed E-state index contributed by atoms with van der Waals surface area (Å²) in [6, 6.07) is 0. The first-order valence-electron chi connectivity index (χ1n) is 7.61. The van der Waals surface area contributed by atoms with Gasteiger partial charge in [0.1, 0.15) is 0 Å². The van der Waals surface area contributed by atoms with Crippen LogP contribution in [0.1, 0.15) is 12.8 Å². The van der Waals surface area contributed by atoms with Crippen LogP contribution in [0.2, 0.25) is 0 Å². The molecule has 1 atom stereocenters. The number of likely N-dealkylation sites (tertiary alicyclic amines) is 1. The number of rotatable bonds is 6. The summed E-state index contributed by atoms with van der Waals surface area (Å²) in [5, 5.41) is 13.5. The third-order valence-electron chi connectivity index (χ3n) is 4.22. The Kier molecular flexibility index (Phi) is 6.53. The molecular formula is C14H29N3O2. The molecule has 0 aromatic carbocycles. The highest BCUT2D eigenvalue weighted by Gasteiger charge is 2.18. The van der Waals surface area contributed by atoms with Crippen LogP contribution in [-0.2, 0) is 4.74 Å². The minimum Gasteiger partial charge on any atom is -0.390 e. The second kappa shape index (κ2) is 8.17. The number of piperidine rings is 1. The quantitative estimate of drug-likeness (QED) is 0.689. The number of ether oxygens (including phenoxy) is 1. The van der Waals surface area contributed by atoms with Gasteiger partial charge in [0.2, 0.25) is 0 Å². The van der Waals surface area contributed by atoms with E-state index in [9.17, 15) is 5.11 Å². The normalized spacial score (nSPS) is 25.6. The molecule has 0 aromatic rings. The van der Waals surface area contributed by atoms with Gasteiger partial charge in [-0.3, -0.25) is 4.90 Å². The van der Waals surface area contributed by atoms with Crippen molar-refractivity contribution in [1.29, 1.82) is 0 Å². The number of β-amino-alcohol motifs (C(OH)–C–C–N with tert-alkyl or cyclic N) is 1. The van der Waals surface area contributed by atoms with Gasteiger partial charge in [0, 0.05) is 26.2 Å². The average molecular weight is 271 g/mol. The molecule has 0 aliphatic carbocycles. The van der Waals surface area contributed by atoms with Crippen molar-refractivity contribution in [3.05, 3.63) is 0 Å². The van der Waals surface area contributed by atoms with Crippen molar-refractivity contribution in [2.75, 3.05) is 66.1 Å². The van der Waals surface area contributed by atoms with Crippen molar-refractivity contribution in [2.45, 2.75) is 18.9 Å². The van der Waals surface area contributed by atoms with E-state index in [2.05, 4.69) is 22.2 Å². The van der Waals surface area contributed by atoms with Crippen LogP contribution in [-0.4, -0.2) is 87.1 Å². The van der Waals surface area contributed by atoms with Crippen molar-refractivity contribution >= 4 is 0 Å². The van der Waals surface area contributed by atoms with E-state index in [1.165, 1.54) is 25.9 Å². The summed E-state index contributed by atoms with van der Waals surface area (Å²) in [6.07, 6.45) is 2.30. The van der Waals surface area contributed by atoms with Crippen LogP contribution < -0.4 is 5.32 Å². The molecule has 0 aromatic heterocycles. The van der Waals surface area contributed by atoms with Gasteiger partial charge in [-0.05, 0) is 45.4 Å². The smallest absolute Gasteiger partial charge is 0.0791 e. The molecule has 19 heavy (non-hydrogen) atoms. The lowest BCUT2D eigenvalue weighted by atomic mass is 9.97. The van der Waals surface area contributed by atoms with Crippen LogP contribution >= 0.6 is 0 Å². The molecule has 5 heteroatoms. The highest BCUT2D eigenvalue weighted by molar-refractivity contribution is 4.74. The second-order valence-corrected chi connectivity index (χ2v) is 5.97. The third-order valence-corrected chi connectivity index (χ3v) is 4.22. The molecule has 2 N–H and O–H groups in total. The standard InChI is InChI=1S/C14H29N3O2/c1-16-4-2-13(3-5-16)10-15-11-14(18)12-17-6-8-19-9-7-17/h13-15,18H,2-12H2,1H3. The Morgan fingerprint density at radius 3 is 2.58 bits per heavy atom. The maximum atomic E-state index is 10.0. The Bertz CT molecular complexity index is 239. The van der Waals surface area contributed by atoms with Gasteiger partial charge < -0.3 is 20.1 Å². The summed E-state index contributed by atoms with van der Waals surface area (Å²) in [5.41, 5.74) is 0. The lowest BCUT2D eigenvalue weighted by molar-refractivity contribution is 0.0147. The molecule has 2 aliphatic rings. The topological polar surface area (TPSA) is 48.0 Å². The monoisotopic (exact) mass is 271 g/mol. The molecule has 2 heterocycles. The first-order valence-corrected chi connectivity index (χ1v) is 7.61. The second-order valence-electron chi connectivity index (χ2n) is 5.97. The fourth-order valence-electron chi connectivity index (χ4n) is 2.87. The summed E-state index contributed by atoms with van der Waals surface area (Å²) in [4.78, 5) is 4.68. The number of nitrogens with one attached hydrogen (secondary N) is 1. The van der Waals surface area contributed by atoms with Gasteiger partial charge in [-0.15, -0.1) is 0 Å².